The van der Waals surface area contributed by atoms with E-state index in [2.05, 4.69) is 10.6 Å². The highest BCUT2D eigenvalue weighted by Gasteiger charge is 2.52. The summed E-state index contributed by atoms with van der Waals surface area (Å²) in [4.78, 5) is 23.8. The standard InChI is InChI=1S/C16H24N2O3/c19-15(20)12-10-5-6-11(7-10)14(12)18-16(21)17-13(8-1-2-8)9-3-4-9/h8-14H,1-7H2,(H,19,20)(H2,17,18,21). The Morgan fingerprint density at radius 3 is 2.14 bits per heavy atom. The fourth-order valence-electron chi connectivity index (χ4n) is 4.73. The van der Waals surface area contributed by atoms with Gasteiger partial charge in [-0.2, -0.15) is 0 Å². The van der Waals surface area contributed by atoms with Crippen LogP contribution in [-0.2, 0) is 4.79 Å². The Balaban J connectivity index is 1.38. The second-order valence-electron chi connectivity index (χ2n) is 7.54. The number of rotatable bonds is 5. The maximum atomic E-state index is 12.3. The third kappa shape index (κ3) is 2.51. The summed E-state index contributed by atoms with van der Waals surface area (Å²) in [5, 5.41) is 15.6. The zero-order valence-electron chi connectivity index (χ0n) is 12.3. The van der Waals surface area contributed by atoms with E-state index in [1.807, 2.05) is 0 Å². The summed E-state index contributed by atoms with van der Waals surface area (Å²) in [6.07, 6.45) is 7.96. The number of fused-ring (bicyclic) bond motifs is 2. The highest BCUT2D eigenvalue weighted by Crippen LogP contribution is 2.49. The third-order valence-electron chi connectivity index (χ3n) is 6.06. The van der Waals surface area contributed by atoms with Crippen LogP contribution in [0.5, 0.6) is 0 Å². The number of nitrogens with one attached hydrogen (secondary N) is 2. The topological polar surface area (TPSA) is 78.4 Å². The number of amides is 2. The Hall–Kier alpha value is -1.26. The molecular weight excluding hydrogens is 268 g/mol. The van der Waals surface area contributed by atoms with Crippen LogP contribution in [-0.4, -0.2) is 29.2 Å². The zero-order valence-corrected chi connectivity index (χ0v) is 12.3. The van der Waals surface area contributed by atoms with Crippen molar-refractivity contribution < 1.29 is 14.7 Å². The molecule has 0 heterocycles. The number of aliphatic carboxylic acids is 1. The van der Waals surface area contributed by atoms with Crippen molar-refractivity contribution in [2.45, 2.75) is 57.0 Å². The van der Waals surface area contributed by atoms with Crippen molar-refractivity contribution in [3.63, 3.8) is 0 Å². The number of carboxylic acids is 1. The normalized spacial score (nSPS) is 37.8. The number of carbonyl (C=O) groups excluding carboxylic acids is 1. The van der Waals surface area contributed by atoms with Crippen LogP contribution in [0.15, 0.2) is 0 Å². The largest absolute Gasteiger partial charge is 0.481 e. The van der Waals surface area contributed by atoms with E-state index in [9.17, 15) is 14.7 Å². The molecule has 21 heavy (non-hydrogen) atoms. The lowest BCUT2D eigenvalue weighted by Gasteiger charge is -2.30. The van der Waals surface area contributed by atoms with Gasteiger partial charge in [0, 0.05) is 12.1 Å². The lowest BCUT2D eigenvalue weighted by Crippen LogP contribution is -2.52. The van der Waals surface area contributed by atoms with Gasteiger partial charge >= 0.3 is 12.0 Å². The van der Waals surface area contributed by atoms with Crippen LogP contribution in [0, 0.1) is 29.6 Å². The zero-order chi connectivity index (χ0) is 14.6. The van der Waals surface area contributed by atoms with Crippen molar-refractivity contribution in [3.8, 4) is 0 Å². The van der Waals surface area contributed by atoms with Crippen LogP contribution in [0.4, 0.5) is 4.79 Å². The van der Waals surface area contributed by atoms with Crippen LogP contribution in [0.1, 0.15) is 44.9 Å². The van der Waals surface area contributed by atoms with E-state index in [1.54, 1.807) is 0 Å². The van der Waals surface area contributed by atoms with Gasteiger partial charge in [-0.15, -0.1) is 0 Å². The number of hydrogen-bond donors (Lipinski definition) is 3. The maximum Gasteiger partial charge on any atom is 0.315 e. The quantitative estimate of drug-likeness (QED) is 0.725. The van der Waals surface area contributed by atoms with Gasteiger partial charge in [0.05, 0.1) is 5.92 Å². The molecule has 4 rings (SSSR count). The molecule has 0 spiro atoms. The Morgan fingerprint density at radius 2 is 1.57 bits per heavy atom. The van der Waals surface area contributed by atoms with Gasteiger partial charge < -0.3 is 15.7 Å². The van der Waals surface area contributed by atoms with Crippen molar-refractivity contribution in [3.05, 3.63) is 0 Å². The van der Waals surface area contributed by atoms with Crippen molar-refractivity contribution in [1.82, 2.24) is 10.6 Å². The fourth-order valence-corrected chi connectivity index (χ4v) is 4.73. The van der Waals surface area contributed by atoms with Crippen molar-refractivity contribution in [1.29, 1.82) is 0 Å². The molecule has 0 aromatic carbocycles. The molecule has 4 aliphatic rings. The molecule has 2 bridgehead atoms. The maximum absolute atomic E-state index is 12.3. The highest BCUT2D eigenvalue weighted by molar-refractivity contribution is 5.78. The Kier molecular flexibility index (Phi) is 3.12. The summed E-state index contributed by atoms with van der Waals surface area (Å²) < 4.78 is 0. The van der Waals surface area contributed by atoms with E-state index in [1.165, 1.54) is 25.7 Å². The highest BCUT2D eigenvalue weighted by atomic mass is 16.4. The minimum absolute atomic E-state index is 0.136. The number of carbonyl (C=O) groups is 2. The minimum Gasteiger partial charge on any atom is -0.481 e. The van der Waals surface area contributed by atoms with Gasteiger partial charge in [0.15, 0.2) is 0 Å². The molecule has 116 valence electrons. The molecule has 2 amide bonds. The van der Waals surface area contributed by atoms with E-state index in [-0.39, 0.29) is 23.9 Å². The summed E-state index contributed by atoms with van der Waals surface area (Å²) >= 11 is 0. The molecule has 4 saturated carbocycles. The first kappa shape index (κ1) is 13.4. The van der Waals surface area contributed by atoms with Crippen LogP contribution in [0.3, 0.4) is 0 Å². The van der Waals surface area contributed by atoms with Gasteiger partial charge in [-0.25, -0.2) is 4.79 Å². The van der Waals surface area contributed by atoms with Gasteiger partial charge in [-0.05, 0) is 68.6 Å². The molecule has 5 nitrogen and oxygen atoms in total. The first-order chi connectivity index (χ1) is 10.1. The fraction of sp³-hybridized carbons (Fsp3) is 0.875. The Morgan fingerprint density at radius 1 is 0.952 bits per heavy atom. The molecule has 0 radical (unpaired) electrons. The summed E-state index contributed by atoms with van der Waals surface area (Å²) in [7, 11) is 0. The SMILES string of the molecule is O=C(NC(C1CC1)C1CC1)NC1C2CCC(C2)C1C(=O)O. The predicted molar refractivity (Wildman–Crippen MR) is 76.6 cm³/mol. The third-order valence-corrected chi connectivity index (χ3v) is 6.06. The van der Waals surface area contributed by atoms with Crippen LogP contribution in [0.25, 0.3) is 0 Å². The first-order valence-corrected chi connectivity index (χ1v) is 8.43. The molecular formula is C16H24N2O3. The smallest absolute Gasteiger partial charge is 0.315 e. The van der Waals surface area contributed by atoms with Crippen molar-refractivity contribution >= 4 is 12.0 Å². The summed E-state index contributed by atoms with van der Waals surface area (Å²) in [6.45, 7) is 0. The molecule has 4 aliphatic carbocycles. The molecule has 4 unspecified atom stereocenters. The number of hydrogen-bond acceptors (Lipinski definition) is 2. The second-order valence-corrected chi connectivity index (χ2v) is 7.54. The van der Waals surface area contributed by atoms with Gasteiger partial charge in [0.2, 0.25) is 0 Å². The van der Waals surface area contributed by atoms with E-state index in [4.69, 9.17) is 0 Å². The Labute approximate surface area is 124 Å². The van der Waals surface area contributed by atoms with Crippen molar-refractivity contribution in [2.24, 2.45) is 29.6 Å². The molecule has 4 fully saturated rings. The predicted octanol–water partition coefficient (Wildman–Crippen LogP) is 1.97. The van der Waals surface area contributed by atoms with Gasteiger partial charge in [-0.3, -0.25) is 4.79 Å². The van der Waals surface area contributed by atoms with Gasteiger partial charge in [-0.1, -0.05) is 0 Å². The average Bonchev–Trinajstić information content (AvgIpc) is 3.36. The molecule has 0 aliphatic heterocycles. The number of urea groups is 1. The van der Waals surface area contributed by atoms with E-state index < -0.39 is 5.97 Å². The molecule has 0 saturated heterocycles. The first-order valence-electron chi connectivity index (χ1n) is 8.43. The minimum atomic E-state index is -0.742. The van der Waals surface area contributed by atoms with Crippen LogP contribution in [0.2, 0.25) is 0 Å². The van der Waals surface area contributed by atoms with Crippen LogP contribution >= 0.6 is 0 Å². The van der Waals surface area contributed by atoms with Crippen LogP contribution < -0.4 is 10.6 Å². The van der Waals surface area contributed by atoms with E-state index in [0.29, 0.717) is 23.8 Å². The van der Waals surface area contributed by atoms with Gasteiger partial charge in [0.25, 0.3) is 0 Å². The lowest BCUT2D eigenvalue weighted by molar-refractivity contribution is -0.144. The monoisotopic (exact) mass is 292 g/mol. The molecule has 4 atom stereocenters. The summed E-state index contributed by atoms with van der Waals surface area (Å²) in [5.41, 5.74) is 0. The molecule has 0 aromatic rings. The van der Waals surface area contributed by atoms with Crippen molar-refractivity contribution in [2.75, 3.05) is 0 Å². The van der Waals surface area contributed by atoms with E-state index >= 15 is 0 Å². The molecule has 0 aromatic heterocycles. The lowest BCUT2D eigenvalue weighted by atomic mass is 9.84. The second kappa shape index (κ2) is 4.89. The molecule has 5 heteroatoms. The number of carboxylic acid groups (broad SMARTS) is 1. The van der Waals surface area contributed by atoms with E-state index in [0.717, 1.165) is 19.3 Å². The average molecular weight is 292 g/mol. The Bertz CT molecular complexity index is 446. The van der Waals surface area contributed by atoms with Gasteiger partial charge in [0.1, 0.15) is 0 Å². The summed E-state index contributed by atoms with van der Waals surface area (Å²) in [5.74, 6) is 0.836. The summed E-state index contributed by atoms with van der Waals surface area (Å²) in [6, 6.07) is 0.0229. The molecule has 3 N–H and O–H groups in total.